The van der Waals surface area contributed by atoms with Crippen LogP contribution in [-0.2, 0) is 0 Å². The van der Waals surface area contributed by atoms with Crippen molar-refractivity contribution < 1.29 is 4.79 Å². The highest BCUT2D eigenvalue weighted by atomic mass is 16.2. The second-order valence-electron chi connectivity index (χ2n) is 6.90. The molecule has 0 saturated carbocycles. The largest absolute Gasteiger partial charge is 0.336 e. The molecular weight excluding hydrogens is 290 g/mol. The first-order chi connectivity index (χ1) is 11.1. The zero-order valence-electron chi connectivity index (χ0n) is 13.8. The third-order valence-corrected chi connectivity index (χ3v) is 5.04. The number of carbonyl (C=O) groups is 1. The molecular formula is C17H23N5O. The van der Waals surface area contributed by atoms with Gasteiger partial charge in [-0.2, -0.15) is 5.10 Å². The number of hydrogen-bond acceptors (Lipinski definition) is 4. The number of hydrogen-bond donors (Lipinski definition) is 0. The standard InChI is InChI=1S/C17H23N5O/c1-12(2)22-16-13(10-19-22)8-14(9-18-16)17(23)21-7-6-20-5-3-4-15(20)11-21/h8-10,12,15H,3-7,11H2,1-2H3. The fourth-order valence-corrected chi connectivity index (χ4v) is 3.79. The Labute approximate surface area is 136 Å². The Bertz CT molecular complexity index is 738. The van der Waals surface area contributed by atoms with Crippen LogP contribution in [0.25, 0.3) is 11.0 Å². The lowest BCUT2D eigenvalue weighted by Gasteiger charge is -2.37. The first-order valence-electron chi connectivity index (χ1n) is 8.50. The molecule has 4 heterocycles. The molecule has 23 heavy (non-hydrogen) atoms. The van der Waals surface area contributed by atoms with Gasteiger partial charge in [0, 0.05) is 43.3 Å². The van der Waals surface area contributed by atoms with Gasteiger partial charge in [-0.1, -0.05) is 0 Å². The molecule has 4 rings (SSSR count). The van der Waals surface area contributed by atoms with Crippen molar-refractivity contribution in [3.63, 3.8) is 0 Å². The maximum Gasteiger partial charge on any atom is 0.255 e. The Hall–Kier alpha value is -1.95. The number of carbonyl (C=O) groups excluding carboxylic acids is 1. The van der Waals surface area contributed by atoms with Crippen molar-refractivity contribution in [2.45, 2.75) is 38.8 Å². The molecule has 0 bridgehead atoms. The summed E-state index contributed by atoms with van der Waals surface area (Å²) in [5, 5.41) is 5.31. The number of amides is 1. The van der Waals surface area contributed by atoms with Gasteiger partial charge in [-0.25, -0.2) is 9.67 Å². The number of piperazine rings is 1. The van der Waals surface area contributed by atoms with Gasteiger partial charge in [-0.15, -0.1) is 0 Å². The molecule has 1 amide bonds. The molecule has 0 radical (unpaired) electrons. The predicted molar refractivity (Wildman–Crippen MR) is 88.4 cm³/mol. The Kier molecular flexibility index (Phi) is 3.56. The second-order valence-corrected chi connectivity index (χ2v) is 6.90. The van der Waals surface area contributed by atoms with E-state index in [9.17, 15) is 4.79 Å². The first-order valence-corrected chi connectivity index (χ1v) is 8.50. The summed E-state index contributed by atoms with van der Waals surface area (Å²) in [5.41, 5.74) is 1.52. The van der Waals surface area contributed by atoms with Crippen LogP contribution in [0.2, 0.25) is 0 Å². The minimum Gasteiger partial charge on any atom is -0.336 e. The van der Waals surface area contributed by atoms with E-state index >= 15 is 0 Å². The normalized spacial score (nSPS) is 22.0. The number of aromatic nitrogens is 3. The first kappa shape index (κ1) is 14.6. The molecule has 6 heteroatoms. The van der Waals surface area contributed by atoms with E-state index in [1.807, 2.05) is 15.6 Å². The highest BCUT2D eigenvalue weighted by Gasteiger charge is 2.32. The molecule has 2 aliphatic heterocycles. The van der Waals surface area contributed by atoms with Crippen LogP contribution in [0.3, 0.4) is 0 Å². The van der Waals surface area contributed by atoms with Crippen molar-refractivity contribution in [3.8, 4) is 0 Å². The van der Waals surface area contributed by atoms with E-state index in [1.54, 1.807) is 12.4 Å². The average molecular weight is 313 g/mol. The summed E-state index contributed by atoms with van der Waals surface area (Å²) in [6, 6.07) is 2.74. The zero-order valence-corrected chi connectivity index (χ0v) is 13.8. The van der Waals surface area contributed by atoms with Gasteiger partial charge in [-0.05, 0) is 39.3 Å². The summed E-state index contributed by atoms with van der Waals surface area (Å²) < 4.78 is 1.89. The smallest absolute Gasteiger partial charge is 0.255 e. The zero-order chi connectivity index (χ0) is 16.0. The molecule has 2 saturated heterocycles. The Balaban J connectivity index is 1.57. The number of pyridine rings is 1. The van der Waals surface area contributed by atoms with E-state index in [4.69, 9.17) is 0 Å². The summed E-state index contributed by atoms with van der Waals surface area (Å²) in [6.07, 6.45) is 5.97. The SMILES string of the molecule is CC(C)n1ncc2cc(C(=O)N3CCN4CCCC4C3)cnc21. The summed E-state index contributed by atoms with van der Waals surface area (Å²) in [5.74, 6) is 0.100. The van der Waals surface area contributed by atoms with Crippen molar-refractivity contribution in [2.75, 3.05) is 26.2 Å². The van der Waals surface area contributed by atoms with Crippen molar-refractivity contribution in [1.82, 2.24) is 24.6 Å². The lowest BCUT2D eigenvalue weighted by molar-refractivity contribution is 0.0571. The van der Waals surface area contributed by atoms with E-state index in [2.05, 4.69) is 28.8 Å². The summed E-state index contributed by atoms with van der Waals surface area (Å²) >= 11 is 0. The molecule has 6 nitrogen and oxygen atoms in total. The third kappa shape index (κ3) is 2.51. The molecule has 1 atom stereocenters. The van der Waals surface area contributed by atoms with E-state index in [0.717, 1.165) is 30.7 Å². The van der Waals surface area contributed by atoms with Crippen LogP contribution in [0, 0.1) is 0 Å². The van der Waals surface area contributed by atoms with E-state index in [1.165, 1.54) is 19.4 Å². The molecule has 1 unspecified atom stereocenters. The van der Waals surface area contributed by atoms with Gasteiger partial charge in [-0.3, -0.25) is 9.69 Å². The topological polar surface area (TPSA) is 54.3 Å². The van der Waals surface area contributed by atoms with Gasteiger partial charge in [0.15, 0.2) is 5.65 Å². The second kappa shape index (κ2) is 5.60. The number of rotatable bonds is 2. The van der Waals surface area contributed by atoms with Crippen molar-refractivity contribution >= 4 is 16.9 Å². The fraction of sp³-hybridized carbons (Fsp3) is 0.588. The Morgan fingerprint density at radius 1 is 1.26 bits per heavy atom. The van der Waals surface area contributed by atoms with Gasteiger partial charge in [0.25, 0.3) is 5.91 Å². The minimum absolute atomic E-state index is 0.100. The number of fused-ring (bicyclic) bond motifs is 2. The van der Waals surface area contributed by atoms with Gasteiger partial charge in [0.2, 0.25) is 0 Å². The Morgan fingerprint density at radius 3 is 2.96 bits per heavy atom. The minimum atomic E-state index is 0.100. The van der Waals surface area contributed by atoms with Crippen LogP contribution in [-0.4, -0.2) is 62.7 Å². The van der Waals surface area contributed by atoms with Gasteiger partial charge in [0.1, 0.15) is 0 Å². The maximum atomic E-state index is 12.8. The van der Waals surface area contributed by atoms with Crippen molar-refractivity contribution in [2.24, 2.45) is 0 Å². The van der Waals surface area contributed by atoms with Crippen LogP contribution < -0.4 is 0 Å². The Morgan fingerprint density at radius 2 is 2.13 bits per heavy atom. The van der Waals surface area contributed by atoms with Crippen LogP contribution >= 0.6 is 0 Å². The molecule has 2 aromatic rings. The summed E-state index contributed by atoms with van der Waals surface area (Å²) in [4.78, 5) is 21.8. The van der Waals surface area contributed by atoms with Gasteiger partial charge < -0.3 is 4.90 Å². The lowest BCUT2D eigenvalue weighted by atomic mass is 10.1. The summed E-state index contributed by atoms with van der Waals surface area (Å²) in [6.45, 7) is 8.01. The predicted octanol–water partition coefficient (Wildman–Crippen LogP) is 1.93. The molecule has 0 aliphatic carbocycles. The molecule has 2 aliphatic rings. The molecule has 122 valence electrons. The average Bonchev–Trinajstić information content (AvgIpc) is 3.19. The van der Waals surface area contributed by atoms with E-state index in [0.29, 0.717) is 11.6 Å². The van der Waals surface area contributed by atoms with Crippen molar-refractivity contribution in [1.29, 1.82) is 0 Å². The van der Waals surface area contributed by atoms with Crippen molar-refractivity contribution in [3.05, 3.63) is 24.0 Å². The summed E-state index contributed by atoms with van der Waals surface area (Å²) in [7, 11) is 0. The van der Waals surface area contributed by atoms with Gasteiger partial charge in [0.05, 0.1) is 11.8 Å². The van der Waals surface area contributed by atoms with Gasteiger partial charge >= 0.3 is 0 Å². The highest BCUT2D eigenvalue weighted by molar-refractivity contribution is 5.97. The molecule has 2 aromatic heterocycles. The lowest BCUT2D eigenvalue weighted by Crippen LogP contribution is -2.52. The molecule has 0 spiro atoms. The molecule has 2 fully saturated rings. The van der Waals surface area contributed by atoms with Crippen LogP contribution in [0.1, 0.15) is 43.1 Å². The maximum absolute atomic E-state index is 12.8. The number of nitrogens with zero attached hydrogens (tertiary/aromatic N) is 5. The monoisotopic (exact) mass is 313 g/mol. The van der Waals surface area contributed by atoms with E-state index < -0.39 is 0 Å². The fourth-order valence-electron chi connectivity index (χ4n) is 3.79. The van der Waals surface area contributed by atoms with E-state index in [-0.39, 0.29) is 11.9 Å². The highest BCUT2D eigenvalue weighted by Crippen LogP contribution is 2.23. The third-order valence-electron chi connectivity index (χ3n) is 5.04. The molecule has 0 aromatic carbocycles. The quantitative estimate of drug-likeness (QED) is 0.850. The van der Waals surface area contributed by atoms with Crippen LogP contribution in [0.4, 0.5) is 0 Å². The van der Waals surface area contributed by atoms with Crippen LogP contribution in [0.5, 0.6) is 0 Å². The van der Waals surface area contributed by atoms with Crippen LogP contribution in [0.15, 0.2) is 18.5 Å². The molecule has 0 N–H and O–H groups in total.